The van der Waals surface area contributed by atoms with Gasteiger partial charge in [-0.3, -0.25) is 0 Å². The van der Waals surface area contributed by atoms with Gasteiger partial charge in [-0.15, -0.1) is 0 Å². The number of anilines is 1. The maximum absolute atomic E-state index is 10.6. The number of fused-ring (bicyclic) bond motifs is 1. The number of aliphatic hydroxyl groups is 1. The van der Waals surface area contributed by atoms with Crippen molar-refractivity contribution in [3.63, 3.8) is 0 Å². The largest absolute Gasteiger partial charge is 0.457 e. The highest BCUT2D eigenvalue weighted by Gasteiger charge is 2.35. The van der Waals surface area contributed by atoms with Gasteiger partial charge >= 0.3 is 0 Å². The van der Waals surface area contributed by atoms with E-state index in [9.17, 15) is 5.11 Å². The topological polar surface area (TPSA) is 123 Å². The molecule has 0 radical (unpaired) electrons. The number of hydrogen-bond acceptors (Lipinski definition) is 7. The molecule has 0 aliphatic heterocycles. The van der Waals surface area contributed by atoms with Crippen LogP contribution in [0.15, 0.2) is 60.9 Å². The molecule has 1 fully saturated rings. The van der Waals surface area contributed by atoms with E-state index < -0.39 is 5.60 Å². The first kappa shape index (κ1) is 20.9. The van der Waals surface area contributed by atoms with Gasteiger partial charge in [0.2, 0.25) is 0 Å². The molecule has 8 heteroatoms. The summed E-state index contributed by atoms with van der Waals surface area (Å²) in [7, 11) is 0. The standard InChI is InChI=1S/C25H24N6O2/c26-15-14-25(32)12-10-18(11-13-25)31-24-21(23(27)28-16-29-24)22(30-31)17-6-8-20(9-7-17)33-19-4-2-1-3-5-19/h1-9,16,18,32H,10-14H2,(H2,27,28,29). The van der Waals surface area contributed by atoms with Gasteiger partial charge in [-0.25, -0.2) is 14.6 Å². The fraction of sp³-hybridized carbons (Fsp3) is 0.280. The molecule has 2 heterocycles. The van der Waals surface area contributed by atoms with Crippen LogP contribution in [-0.4, -0.2) is 30.5 Å². The molecular formula is C25H24N6O2. The number of nitrogen functional groups attached to an aromatic ring is 1. The molecule has 3 N–H and O–H groups in total. The zero-order valence-electron chi connectivity index (χ0n) is 18.1. The number of nitriles is 1. The predicted molar refractivity (Wildman–Crippen MR) is 124 cm³/mol. The molecule has 1 aliphatic carbocycles. The van der Waals surface area contributed by atoms with Crippen LogP contribution in [0, 0.1) is 11.3 Å². The molecule has 166 valence electrons. The van der Waals surface area contributed by atoms with Gasteiger partial charge in [-0.2, -0.15) is 10.4 Å². The highest BCUT2D eigenvalue weighted by molar-refractivity contribution is 5.98. The van der Waals surface area contributed by atoms with Gasteiger partial charge in [0.1, 0.15) is 29.3 Å². The van der Waals surface area contributed by atoms with Gasteiger partial charge in [0, 0.05) is 5.56 Å². The highest BCUT2D eigenvalue weighted by atomic mass is 16.5. The van der Waals surface area contributed by atoms with Crippen LogP contribution in [0.1, 0.15) is 38.1 Å². The molecule has 1 aliphatic rings. The average Bonchev–Trinajstić information content (AvgIpc) is 3.22. The van der Waals surface area contributed by atoms with E-state index in [1.165, 1.54) is 6.33 Å². The third kappa shape index (κ3) is 4.11. The Morgan fingerprint density at radius 3 is 2.45 bits per heavy atom. The van der Waals surface area contributed by atoms with Crippen LogP contribution >= 0.6 is 0 Å². The molecule has 0 saturated heterocycles. The van der Waals surface area contributed by atoms with E-state index in [-0.39, 0.29) is 12.5 Å². The van der Waals surface area contributed by atoms with E-state index in [0.717, 1.165) is 17.1 Å². The third-order valence-electron chi connectivity index (χ3n) is 6.26. The Balaban J connectivity index is 1.46. The summed E-state index contributed by atoms with van der Waals surface area (Å²) >= 11 is 0. The third-order valence-corrected chi connectivity index (χ3v) is 6.26. The molecule has 1 saturated carbocycles. The van der Waals surface area contributed by atoms with Gasteiger partial charge in [0.25, 0.3) is 0 Å². The molecule has 0 bridgehead atoms. The van der Waals surface area contributed by atoms with Crippen molar-refractivity contribution in [2.24, 2.45) is 0 Å². The van der Waals surface area contributed by atoms with Crippen LogP contribution in [0.4, 0.5) is 5.82 Å². The Kier molecular flexibility index (Phi) is 5.40. The number of para-hydroxylation sites is 1. The molecule has 33 heavy (non-hydrogen) atoms. The van der Waals surface area contributed by atoms with Crippen molar-refractivity contribution >= 4 is 16.9 Å². The van der Waals surface area contributed by atoms with Crippen molar-refractivity contribution in [2.45, 2.75) is 43.7 Å². The molecule has 2 aromatic heterocycles. The lowest BCUT2D eigenvalue weighted by atomic mass is 9.80. The van der Waals surface area contributed by atoms with Crippen molar-refractivity contribution in [3.8, 4) is 28.8 Å². The fourth-order valence-electron chi connectivity index (χ4n) is 4.47. The number of hydrogen-bond donors (Lipinski definition) is 2. The van der Waals surface area contributed by atoms with Crippen molar-refractivity contribution in [1.82, 2.24) is 19.7 Å². The molecule has 4 aromatic rings. The van der Waals surface area contributed by atoms with Crippen LogP contribution in [0.25, 0.3) is 22.3 Å². The van der Waals surface area contributed by atoms with E-state index >= 15 is 0 Å². The Bertz CT molecular complexity index is 1300. The summed E-state index contributed by atoms with van der Waals surface area (Å²) in [6.07, 6.45) is 4.12. The lowest BCUT2D eigenvalue weighted by Gasteiger charge is -2.34. The number of aromatic nitrogens is 4. The van der Waals surface area contributed by atoms with Crippen LogP contribution in [0.5, 0.6) is 11.5 Å². The molecule has 0 amide bonds. The Morgan fingerprint density at radius 2 is 1.76 bits per heavy atom. The number of rotatable bonds is 5. The molecule has 2 aromatic carbocycles. The van der Waals surface area contributed by atoms with E-state index in [4.69, 9.17) is 20.8 Å². The van der Waals surface area contributed by atoms with Gasteiger partial charge in [0.05, 0.1) is 29.5 Å². The van der Waals surface area contributed by atoms with Crippen LogP contribution in [0.2, 0.25) is 0 Å². The maximum Gasteiger partial charge on any atom is 0.164 e. The van der Waals surface area contributed by atoms with E-state index in [1.54, 1.807) is 0 Å². The first-order valence-corrected chi connectivity index (χ1v) is 11.0. The molecule has 5 rings (SSSR count). The van der Waals surface area contributed by atoms with E-state index in [1.807, 2.05) is 59.3 Å². The molecular weight excluding hydrogens is 416 g/mol. The Hall–Kier alpha value is -3.96. The van der Waals surface area contributed by atoms with E-state index in [2.05, 4.69) is 16.0 Å². The predicted octanol–water partition coefficient (Wildman–Crippen LogP) is 4.63. The van der Waals surface area contributed by atoms with Gasteiger partial charge < -0.3 is 15.6 Å². The smallest absolute Gasteiger partial charge is 0.164 e. The Morgan fingerprint density at radius 1 is 1.06 bits per heavy atom. The van der Waals surface area contributed by atoms with Crippen LogP contribution in [-0.2, 0) is 0 Å². The lowest BCUT2D eigenvalue weighted by molar-refractivity contribution is -0.00405. The second-order valence-electron chi connectivity index (χ2n) is 8.48. The zero-order chi connectivity index (χ0) is 22.8. The van der Waals surface area contributed by atoms with Crippen molar-refractivity contribution < 1.29 is 9.84 Å². The van der Waals surface area contributed by atoms with Gasteiger partial charge in [-0.1, -0.05) is 18.2 Å². The summed E-state index contributed by atoms with van der Waals surface area (Å²) in [4.78, 5) is 8.66. The SMILES string of the molecule is N#CCC1(O)CCC(n2nc(-c3ccc(Oc4ccccc4)cc3)c3c(N)ncnc32)CC1. The Labute approximate surface area is 191 Å². The first-order chi connectivity index (χ1) is 16.1. The summed E-state index contributed by atoms with van der Waals surface area (Å²) in [5, 5.41) is 25.2. The van der Waals surface area contributed by atoms with Crippen molar-refractivity contribution in [1.29, 1.82) is 5.26 Å². The maximum atomic E-state index is 10.6. The van der Waals surface area contributed by atoms with Gasteiger partial charge in [-0.05, 0) is 62.1 Å². The van der Waals surface area contributed by atoms with Crippen molar-refractivity contribution in [3.05, 3.63) is 60.9 Å². The molecule has 8 nitrogen and oxygen atoms in total. The van der Waals surface area contributed by atoms with E-state index in [0.29, 0.717) is 48.2 Å². The summed E-state index contributed by atoms with van der Waals surface area (Å²) in [6, 6.07) is 19.5. The fourth-order valence-corrected chi connectivity index (χ4v) is 4.47. The summed E-state index contributed by atoms with van der Waals surface area (Å²) in [6.45, 7) is 0. The second-order valence-corrected chi connectivity index (χ2v) is 8.48. The average molecular weight is 441 g/mol. The molecule has 0 atom stereocenters. The minimum Gasteiger partial charge on any atom is -0.457 e. The quantitative estimate of drug-likeness (QED) is 0.464. The molecule has 0 spiro atoms. The summed E-state index contributed by atoms with van der Waals surface area (Å²) in [5.74, 6) is 1.87. The van der Waals surface area contributed by atoms with Crippen LogP contribution < -0.4 is 10.5 Å². The van der Waals surface area contributed by atoms with Gasteiger partial charge in [0.15, 0.2) is 5.65 Å². The minimum atomic E-state index is -0.917. The summed E-state index contributed by atoms with van der Waals surface area (Å²) in [5.41, 5.74) is 7.61. The van der Waals surface area contributed by atoms with Crippen LogP contribution in [0.3, 0.4) is 0 Å². The lowest BCUT2D eigenvalue weighted by Crippen LogP contribution is -2.34. The number of benzene rings is 2. The normalized spacial score (nSPS) is 20.4. The number of nitrogens with two attached hydrogens (primary N) is 1. The number of nitrogens with zero attached hydrogens (tertiary/aromatic N) is 5. The monoisotopic (exact) mass is 440 g/mol. The van der Waals surface area contributed by atoms with Crippen molar-refractivity contribution in [2.75, 3.05) is 5.73 Å². The second kappa shape index (κ2) is 8.52. The first-order valence-electron chi connectivity index (χ1n) is 11.0. The molecule has 0 unspecified atom stereocenters. The summed E-state index contributed by atoms with van der Waals surface area (Å²) < 4.78 is 7.80. The highest BCUT2D eigenvalue weighted by Crippen LogP contribution is 2.40. The zero-order valence-corrected chi connectivity index (χ0v) is 18.1. The number of ether oxygens (including phenoxy) is 1. The minimum absolute atomic E-state index is 0.0650.